The van der Waals surface area contributed by atoms with Crippen LogP contribution in [0.5, 0.6) is 5.75 Å². The van der Waals surface area contributed by atoms with Crippen molar-refractivity contribution in [1.29, 1.82) is 0 Å². The van der Waals surface area contributed by atoms with Gasteiger partial charge in [0.2, 0.25) is 11.9 Å². The molecule has 0 spiro atoms. The number of halogens is 6. The van der Waals surface area contributed by atoms with Gasteiger partial charge in [-0.3, -0.25) is 9.17 Å². The molecule has 0 bridgehead atoms. The topological polar surface area (TPSA) is 146 Å². The Morgan fingerprint density at radius 2 is 1.52 bits per heavy atom. The number of aliphatic hydroxyl groups is 1. The summed E-state index contributed by atoms with van der Waals surface area (Å²) in [5.41, 5.74) is -0.750. The lowest BCUT2D eigenvalue weighted by molar-refractivity contribution is -0.137. The maximum Gasteiger partial charge on any atom is 0.416 e. The van der Waals surface area contributed by atoms with Gasteiger partial charge in [-0.25, -0.2) is 23.1 Å². The van der Waals surface area contributed by atoms with Gasteiger partial charge < -0.3 is 20.2 Å². The van der Waals surface area contributed by atoms with Crippen LogP contribution in [0.4, 0.5) is 32.3 Å². The number of anilines is 1. The monoisotopic (exact) mass is 892 g/mol. The summed E-state index contributed by atoms with van der Waals surface area (Å²) in [6.07, 6.45) is -3.83. The van der Waals surface area contributed by atoms with Crippen molar-refractivity contribution in [1.82, 2.24) is 15.0 Å². The van der Waals surface area contributed by atoms with E-state index in [1.165, 1.54) is 12.1 Å². The number of pyridine rings is 1. The first-order valence-electron chi connectivity index (χ1n) is 20.8. The van der Waals surface area contributed by atoms with Gasteiger partial charge in [0, 0.05) is 55.1 Å². The van der Waals surface area contributed by atoms with Crippen LogP contribution in [0.3, 0.4) is 0 Å². The molecule has 2 fully saturated rings. The van der Waals surface area contributed by atoms with Gasteiger partial charge >= 0.3 is 6.18 Å². The fourth-order valence-electron chi connectivity index (χ4n) is 8.88. The van der Waals surface area contributed by atoms with Crippen LogP contribution in [0.1, 0.15) is 142 Å². The lowest BCUT2D eigenvalue weighted by Crippen LogP contribution is -2.36. The van der Waals surface area contributed by atoms with Gasteiger partial charge in [-0.05, 0) is 99.1 Å². The molecule has 2 atom stereocenters. The molecule has 2 aliphatic carbocycles. The molecule has 1 saturated carbocycles. The summed E-state index contributed by atoms with van der Waals surface area (Å²) in [4.78, 5) is 16.1. The number of nitrogens with zero attached hydrogens (tertiary/aromatic N) is 4. The van der Waals surface area contributed by atoms with Gasteiger partial charge in [0.05, 0.1) is 40.8 Å². The first kappa shape index (κ1) is 47.2. The molecule has 2 aromatic carbocycles. The summed E-state index contributed by atoms with van der Waals surface area (Å²) < 4.78 is 128. The van der Waals surface area contributed by atoms with E-state index in [2.05, 4.69) is 9.97 Å². The predicted molar refractivity (Wildman–Crippen MR) is 221 cm³/mol. The minimum atomic E-state index is -4.66. The lowest BCUT2D eigenvalue weighted by Gasteiger charge is -2.42. The van der Waals surface area contributed by atoms with Crippen molar-refractivity contribution >= 4 is 16.1 Å². The molecule has 338 valence electrons. The third-order valence-corrected chi connectivity index (χ3v) is 13.4. The number of hydrogen-bond donors (Lipinski definition) is 1. The quantitative estimate of drug-likeness (QED) is 0.109. The molecule has 17 heteroatoms. The van der Waals surface area contributed by atoms with E-state index < -0.39 is 69.8 Å². The van der Waals surface area contributed by atoms with Crippen molar-refractivity contribution in [2.45, 2.75) is 132 Å². The molecule has 0 unspecified atom stereocenters. The zero-order valence-corrected chi connectivity index (χ0v) is 36.0. The van der Waals surface area contributed by atoms with Crippen LogP contribution < -0.4 is 9.64 Å². The number of hydrogen-bond acceptors (Lipinski definition) is 9. The van der Waals surface area contributed by atoms with Crippen molar-refractivity contribution in [2.75, 3.05) is 24.6 Å². The minimum absolute atomic E-state index is 0. The second kappa shape index (κ2) is 18.0. The van der Waals surface area contributed by atoms with Crippen LogP contribution in [0.15, 0.2) is 71.9 Å². The highest BCUT2D eigenvalue weighted by atomic mass is 32.2. The fraction of sp³-hybridized carbons (Fsp3) is 0.533. The maximum atomic E-state index is 17.8. The van der Waals surface area contributed by atoms with Crippen molar-refractivity contribution in [3.63, 3.8) is 0 Å². The van der Waals surface area contributed by atoms with Gasteiger partial charge in [-0.1, -0.05) is 44.2 Å². The first-order valence-corrected chi connectivity index (χ1v) is 22.2. The Morgan fingerprint density at radius 1 is 0.903 bits per heavy atom. The Balaban J connectivity index is 0.00000641. The Labute approximate surface area is 358 Å². The van der Waals surface area contributed by atoms with Crippen LogP contribution in [0.2, 0.25) is 0 Å². The van der Waals surface area contributed by atoms with E-state index >= 15 is 4.39 Å². The summed E-state index contributed by atoms with van der Waals surface area (Å²) in [6, 6.07) is 11.4. The van der Waals surface area contributed by atoms with E-state index in [9.17, 15) is 35.5 Å². The molecule has 2 aromatic heterocycles. The van der Waals surface area contributed by atoms with Crippen LogP contribution in [0, 0.1) is 5.41 Å². The average molecular weight is 893 g/mol. The molecular formula is C45H54F6N4O6S. The SMILES string of the molecule is CC(C)(O)CCOc1cnc(N2CCC(c3nc4c(c(C5CCC(F)(F)CC5)c3[C@@H](F)c3ccc(C(F)(F)F)cc3)[C@@H](OS(=O)(=O)c3ccccc3)CC(C)(C)C4)CC2)nc1.O. The van der Waals surface area contributed by atoms with Crippen molar-refractivity contribution in [2.24, 2.45) is 5.41 Å². The number of ether oxygens (including phenoxy) is 1. The molecule has 0 amide bonds. The normalized spacial score (nSPS) is 20.2. The molecular weight excluding hydrogens is 839 g/mol. The summed E-state index contributed by atoms with van der Waals surface area (Å²) in [7, 11) is -4.38. The third-order valence-electron chi connectivity index (χ3n) is 12.1. The number of benzene rings is 2. The van der Waals surface area contributed by atoms with Crippen molar-refractivity contribution in [3.8, 4) is 5.75 Å². The maximum absolute atomic E-state index is 17.8. The van der Waals surface area contributed by atoms with Crippen LogP contribution in [0.25, 0.3) is 0 Å². The van der Waals surface area contributed by atoms with E-state index in [-0.39, 0.29) is 53.3 Å². The number of piperidine rings is 1. The Hall–Kier alpha value is -4.32. The second-order valence-electron chi connectivity index (χ2n) is 18.1. The fourth-order valence-corrected chi connectivity index (χ4v) is 9.95. The smallest absolute Gasteiger partial charge is 0.416 e. The zero-order valence-electron chi connectivity index (χ0n) is 35.2. The minimum Gasteiger partial charge on any atom is -0.490 e. The summed E-state index contributed by atoms with van der Waals surface area (Å²) in [5.74, 6) is -3.06. The van der Waals surface area contributed by atoms with Crippen LogP contribution >= 0.6 is 0 Å². The second-order valence-corrected chi connectivity index (χ2v) is 19.7. The molecule has 4 aromatic rings. The average Bonchev–Trinajstić information content (AvgIpc) is 3.19. The molecule has 3 N–H and O–H groups in total. The standard InChI is InChI=1S/C45H52F6N4O5S.H2O/c1-42(2)24-34-37(35(25-42)60-61(57,58)33-8-6-5-7-9-33)36(28-14-18-44(47,48)19-15-28)38(39(46)29-10-12-31(13-11-29)45(49,50)51)40(54-34)30-16-21-55(22-17-30)41-52-26-32(27-53-41)59-23-20-43(3,4)56;/h5-13,26-28,30,35,39,56H,14-25H2,1-4H3;1H2/t35-,39-;/m0./s1. The third kappa shape index (κ3) is 10.9. The number of fused-ring (bicyclic) bond motifs is 1. The van der Waals surface area contributed by atoms with Crippen molar-refractivity contribution in [3.05, 3.63) is 106 Å². The first-order chi connectivity index (χ1) is 28.6. The zero-order chi connectivity index (χ0) is 44.0. The number of aromatic nitrogens is 3. The van der Waals surface area contributed by atoms with E-state index in [0.29, 0.717) is 73.0 Å². The highest BCUT2D eigenvalue weighted by molar-refractivity contribution is 7.86. The Morgan fingerprint density at radius 3 is 2.10 bits per heavy atom. The van der Waals surface area contributed by atoms with E-state index in [0.717, 1.165) is 24.3 Å². The van der Waals surface area contributed by atoms with Gasteiger partial charge in [-0.15, -0.1) is 0 Å². The molecule has 1 aliphatic heterocycles. The Bertz CT molecular complexity index is 2260. The van der Waals surface area contributed by atoms with Gasteiger partial charge in [0.15, 0.2) is 11.9 Å². The number of alkyl halides is 6. The van der Waals surface area contributed by atoms with E-state index in [4.69, 9.17) is 13.9 Å². The highest BCUT2D eigenvalue weighted by Crippen LogP contribution is 2.54. The van der Waals surface area contributed by atoms with Crippen molar-refractivity contribution < 1.29 is 54.3 Å². The predicted octanol–water partition coefficient (Wildman–Crippen LogP) is 9.76. The van der Waals surface area contributed by atoms with Gasteiger partial charge in [-0.2, -0.15) is 21.6 Å². The Kier molecular flexibility index (Phi) is 13.7. The number of rotatable bonds is 12. The highest BCUT2D eigenvalue weighted by Gasteiger charge is 2.45. The van der Waals surface area contributed by atoms with Gasteiger partial charge in [0.25, 0.3) is 10.1 Å². The molecule has 62 heavy (non-hydrogen) atoms. The van der Waals surface area contributed by atoms with Crippen LogP contribution in [-0.2, 0) is 26.9 Å². The summed E-state index contributed by atoms with van der Waals surface area (Å²) in [6.45, 7) is 8.45. The van der Waals surface area contributed by atoms with E-state index in [1.807, 2.05) is 18.7 Å². The molecule has 3 heterocycles. The molecule has 1 saturated heterocycles. The summed E-state index contributed by atoms with van der Waals surface area (Å²) >= 11 is 0. The van der Waals surface area contributed by atoms with Gasteiger partial charge in [0.1, 0.15) is 6.10 Å². The molecule has 3 aliphatic rings. The molecule has 7 rings (SSSR count). The largest absolute Gasteiger partial charge is 0.490 e. The van der Waals surface area contributed by atoms with E-state index in [1.54, 1.807) is 44.4 Å². The molecule has 10 nitrogen and oxygen atoms in total. The molecule has 0 radical (unpaired) electrons. The summed E-state index contributed by atoms with van der Waals surface area (Å²) in [5, 5.41) is 9.99. The lowest BCUT2D eigenvalue weighted by atomic mass is 9.68. The van der Waals surface area contributed by atoms with Crippen LogP contribution in [-0.4, -0.2) is 65.2 Å².